The van der Waals surface area contributed by atoms with E-state index in [1.54, 1.807) is 0 Å². The molecule has 0 aliphatic rings. The molecular formula is C19H25ClFN3O3S. The fraction of sp³-hybridized carbons (Fsp3) is 0.316. The third-order valence-electron chi connectivity index (χ3n) is 4.04. The highest BCUT2D eigenvalue weighted by atomic mass is 35.5. The Kier molecular flexibility index (Phi) is 9.54. The molecule has 1 amide bonds. The van der Waals surface area contributed by atoms with E-state index in [2.05, 4.69) is 10.0 Å². The molecule has 0 fully saturated rings. The molecule has 4 N–H and O–H groups in total. The van der Waals surface area contributed by atoms with Crippen molar-refractivity contribution >= 4 is 34.0 Å². The summed E-state index contributed by atoms with van der Waals surface area (Å²) in [4.78, 5) is 12.2. The highest BCUT2D eigenvalue weighted by molar-refractivity contribution is 7.89. The number of hydrogen-bond acceptors (Lipinski definition) is 4. The molecule has 2 aromatic carbocycles. The summed E-state index contributed by atoms with van der Waals surface area (Å²) in [5.74, 6) is -0.838. The van der Waals surface area contributed by atoms with Gasteiger partial charge in [-0.2, -0.15) is 0 Å². The topological polar surface area (TPSA) is 101 Å². The van der Waals surface area contributed by atoms with E-state index in [0.717, 1.165) is 12.8 Å². The Labute approximate surface area is 171 Å². The highest BCUT2D eigenvalue weighted by Gasteiger charge is 2.19. The molecule has 9 heteroatoms. The van der Waals surface area contributed by atoms with Crippen LogP contribution in [-0.2, 0) is 10.0 Å². The fourth-order valence-corrected chi connectivity index (χ4v) is 3.77. The molecule has 0 saturated carbocycles. The molecule has 0 saturated heterocycles. The molecule has 0 aromatic heterocycles. The number of rotatable bonds is 9. The van der Waals surface area contributed by atoms with Gasteiger partial charge in [-0.1, -0.05) is 19.8 Å². The summed E-state index contributed by atoms with van der Waals surface area (Å²) in [7, 11) is -3.69. The smallest absolute Gasteiger partial charge is 0.255 e. The van der Waals surface area contributed by atoms with Crippen LogP contribution in [0.4, 0.5) is 10.1 Å². The van der Waals surface area contributed by atoms with Crippen LogP contribution in [-0.4, -0.2) is 26.9 Å². The van der Waals surface area contributed by atoms with Crippen LogP contribution in [0.15, 0.2) is 53.4 Å². The summed E-state index contributed by atoms with van der Waals surface area (Å²) < 4.78 is 40.4. The normalized spacial score (nSPS) is 12.1. The van der Waals surface area contributed by atoms with Crippen LogP contribution in [0, 0.1) is 5.82 Å². The third-order valence-corrected chi connectivity index (χ3v) is 5.58. The number of benzene rings is 2. The van der Waals surface area contributed by atoms with Crippen LogP contribution >= 0.6 is 12.4 Å². The van der Waals surface area contributed by atoms with E-state index in [0.29, 0.717) is 17.7 Å². The lowest BCUT2D eigenvalue weighted by atomic mass is 10.1. The van der Waals surface area contributed by atoms with Crippen molar-refractivity contribution in [3.05, 3.63) is 59.9 Å². The highest BCUT2D eigenvalue weighted by Crippen LogP contribution is 2.16. The Hall–Kier alpha value is -2.00. The fourth-order valence-electron chi connectivity index (χ4n) is 2.48. The predicted molar refractivity (Wildman–Crippen MR) is 111 cm³/mol. The number of anilines is 1. The first-order valence-electron chi connectivity index (χ1n) is 8.75. The second kappa shape index (κ2) is 11.1. The average Bonchev–Trinajstić information content (AvgIpc) is 2.66. The van der Waals surface area contributed by atoms with Crippen molar-refractivity contribution in [1.29, 1.82) is 0 Å². The van der Waals surface area contributed by atoms with E-state index in [9.17, 15) is 17.6 Å². The molecule has 28 heavy (non-hydrogen) atoms. The number of hydrogen-bond donors (Lipinski definition) is 3. The Bertz CT molecular complexity index is 859. The van der Waals surface area contributed by atoms with Gasteiger partial charge in [0.1, 0.15) is 5.82 Å². The van der Waals surface area contributed by atoms with Gasteiger partial charge in [0.25, 0.3) is 5.91 Å². The van der Waals surface area contributed by atoms with Crippen LogP contribution in [0.3, 0.4) is 0 Å². The Morgan fingerprint density at radius 1 is 1.11 bits per heavy atom. The quantitative estimate of drug-likeness (QED) is 0.569. The van der Waals surface area contributed by atoms with Gasteiger partial charge in [-0.3, -0.25) is 4.79 Å². The van der Waals surface area contributed by atoms with Crippen molar-refractivity contribution < 1.29 is 17.6 Å². The second-order valence-corrected chi connectivity index (χ2v) is 7.90. The van der Waals surface area contributed by atoms with Gasteiger partial charge in [-0.25, -0.2) is 17.5 Å². The molecule has 0 heterocycles. The zero-order valence-corrected chi connectivity index (χ0v) is 17.2. The van der Waals surface area contributed by atoms with Crippen molar-refractivity contribution in [3.8, 4) is 0 Å². The van der Waals surface area contributed by atoms with Gasteiger partial charge in [0.15, 0.2) is 0 Å². The maximum Gasteiger partial charge on any atom is 0.255 e. The van der Waals surface area contributed by atoms with E-state index in [1.807, 2.05) is 6.92 Å². The lowest BCUT2D eigenvalue weighted by Gasteiger charge is -2.16. The van der Waals surface area contributed by atoms with Crippen molar-refractivity contribution in [3.63, 3.8) is 0 Å². The standard InChI is InChI=1S/C19H24FN3O3S.ClH/c1-2-3-4-17(13-21)23-27(25,26)18-11-9-16(10-12-18)22-19(24)14-5-7-15(20)8-6-14;/h5-12,17,23H,2-4,13,21H2,1H3,(H,22,24);1H. The summed E-state index contributed by atoms with van der Waals surface area (Å²) in [5.41, 5.74) is 6.38. The van der Waals surface area contributed by atoms with E-state index < -0.39 is 21.7 Å². The summed E-state index contributed by atoms with van der Waals surface area (Å²) in [6.07, 6.45) is 2.53. The zero-order chi connectivity index (χ0) is 19.9. The molecule has 0 aliphatic heterocycles. The first-order chi connectivity index (χ1) is 12.9. The largest absolute Gasteiger partial charge is 0.329 e. The molecule has 0 aliphatic carbocycles. The molecule has 2 rings (SSSR count). The molecule has 6 nitrogen and oxygen atoms in total. The van der Waals surface area contributed by atoms with E-state index in [4.69, 9.17) is 5.73 Å². The number of carbonyl (C=O) groups excluding carboxylic acids is 1. The first kappa shape index (κ1) is 24.0. The minimum absolute atomic E-state index is 0. The van der Waals surface area contributed by atoms with Gasteiger partial charge in [0.05, 0.1) is 4.90 Å². The number of unbranched alkanes of at least 4 members (excludes halogenated alkanes) is 1. The molecule has 0 radical (unpaired) electrons. The summed E-state index contributed by atoms with van der Waals surface area (Å²) in [6, 6.07) is 10.6. The number of carbonyl (C=O) groups is 1. The predicted octanol–water partition coefficient (Wildman–Crippen LogP) is 3.30. The Morgan fingerprint density at radius 2 is 1.71 bits per heavy atom. The van der Waals surface area contributed by atoms with E-state index in [1.165, 1.54) is 48.5 Å². The lowest BCUT2D eigenvalue weighted by Crippen LogP contribution is -2.40. The van der Waals surface area contributed by atoms with Crippen molar-refractivity contribution in [2.45, 2.75) is 37.1 Å². The maximum atomic E-state index is 12.9. The number of nitrogens with two attached hydrogens (primary N) is 1. The van der Waals surface area contributed by atoms with Gasteiger partial charge in [0, 0.05) is 23.8 Å². The minimum Gasteiger partial charge on any atom is -0.329 e. The molecule has 2 aromatic rings. The molecule has 1 atom stereocenters. The van der Waals surface area contributed by atoms with Crippen LogP contribution in [0.5, 0.6) is 0 Å². The maximum absolute atomic E-state index is 12.9. The first-order valence-corrected chi connectivity index (χ1v) is 10.2. The van der Waals surface area contributed by atoms with Crippen LogP contribution in [0.25, 0.3) is 0 Å². The molecule has 0 spiro atoms. The van der Waals surface area contributed by atoms with Gasteiger partial charge in [-0.15, -0.1) is 12.4 Å². The number of halogens is 2. The summed E-state index contributed by atoms with van der Waals surface area (Å²) in [6.45, 7) is 2.26. The van der Waals surface area contributed by atoms with E-state index >= 15 is 0 Å². The van der Waals surface area contributed by atoms with Gasteiger partial charge in [-0.05, 0) is 55.0 Å². The van der Waals surface area contributed by atoms with Crippen molar-refractivity contribution in [2.24, 2.45) is 5.73 Å². The molecule has 0 bridgehead atoms. The lowest BCUT2D eigenvalue weighted by molar-refractivity contribution is 0.102. The molecule has 1 unspecified atom stereocenters. The van der Waals surface area contributed by atoms with Crippen LogP contribution in [0.1, 0.15) is 36.5 Å². The van der Waals surface area contributed by atoms with E-state index in [-0.39, 0.29) is 29.9 Å². The minimum atomic E-state index is -3.69. The van der Waals surface area contributed by atoms with Crippen molar-refractivity contribution in [2.75, 3.05) is 11.9 Å². The Balaban J connectivity index is 0.00000392. The van der Waals surface area contributed by atoms with Gasteiger partial charge < -0.3 is 11.1 Å². The van der Waals surface area contributed by atoms with Gasteiger partial charge >= 0.3 is 0 Å². The summed E-state index contributed by atoms with van der Waals surface area (Å²) in [5, 5.41) is 2.64. The van der Waals surface area contributed by atoms with Crippen LogP contribution < -0.4 is 15.8 Å². The van der Waals surface area contributed by atoms with Gasteiger partial charge in [0.2, 0.25) is 10.0 Å². The monoisotopic (exact) mass is 429 g/mol. The average molecular weight is 430 g/mol. The SMILES string of the molecule is CCCCC(CN)NS(=O)(=O)c1ccc(NC(=O)c2ccc(F)cc2)cc1.Cl. The second-order valence-electron chi connectivity index (χ2n) is 6.18. The number of nitrogens with one attached hydrogen (secondary N) is 2. The summed E-state index contributed by atoms with van der Waals surface area (Å²) >= 11 is 0. The molecule has 154 valence electrons. The zero-order valence-electron chi connectivity index (χ0n) is 15.5. The number of sulfonamides is 1. The molecular weight excluding hydrogens is 405 g/mol. The third kappa shape index (κ3) is 6.87. The Morgan fingerprint density at radius 3 is 2.25 bits per heavy atom. The van der Waals surface area contributed by atoms with Crippen LogP contribution in [0.2, 0.25) is 0 Å². The number of amides is 1. The van der Waals surface area contributed by atoms with Crippen molar-refractivity contribution in [1.82, 2.24) is 4.72 Å².